The number of anilines is 1. The van der Waals surface area contributed by atoms with Gasteiger partial charge in [0.2, 0.25) is 5.88 Å². The Bertz CT molecular complexity index is 911. The molecule has 4 rings (SSSR count). The Labute approximate surface area is 149 Å². The molecular formula is C18H17N5OS. The van der Waals surface area contributed by atoms with Crippen molar-refractivity contribution in [1.82, 2.24) is 15.0 Å². The molecule has 1 aliphatic rings. The molecule has 3 aromatic heterocycles. The molecule has 0 aliphatic carbocycles. The maximum absolute atomic E-state index is 9.10. The largest absolute Gasteiger partial charge is 0.476 e. The zero-order valence-corrected chi connectivity index (χ0v) is 14.4. The third-order valence-corrected chi connectivity index (χ3v) is 5.39. The first-order valence-electron chi connectivity index (χ1n) is 8.26. The third-order valence-electron chi connectivity index (χ3n) is 4.49. The highest BCUT2D eigenvalue weighted by atomic mass is 32.1. The van der Waals surface area contributed by atoms with E-state index in [1.807, 2.05) is 6.07 Å². The minimum Gasteiger partial charge on any atom is -0.476 e. The standard InChI is InChI=1S/C18H17N5OS/c19-10-14-2-1-6-20-18(14)24-11-13-3-7-23(8-4-13)17-16-15(5-9-25-16)21-12-22-17/h1-2,5-6,9,12-13H,3-4,7-8,11H2. The molecule has 0 radical (unpaired) electrons. The van der Waals surface area contributed by atoms with Crippen LogP contribution in [-0.4, -0.2) is 34.6 Å². The van der Waals surface area contributed by atoms with Gasteiger partial charge in [-0.2, -0.15) is 5.26 Å². The molecule has 0 unspecified atom stereocenters. The second-order valence-electron chi connectivity index (χ2n) is 6.04. The van der Waals surface area contributed by atoms with Gasteiger partial charge in [0.05, 0.1) is 16.8 Å². The molecule has 0 saturated carbocycles. The molecule has 126 valence electrons. The summed E-state index contributed by atoms with van der Waals surface area (Å²) in [4.78, 5) is 15.3. The fourth-order valence-corrected chi connectivity index (χ4v) is 3.96. The van der Waals surface area contributed by atoms with Crippen LogP contribution in [0.15, 0.2) is 36.1 Å². The van der Waals surface area contributed by atoms with E-state index in [-0.39, 0.29) is 0 Å². The SMILES string of the molecule is N#Cc1cccnc1OCC1CCN(c2ncnc3ccsc23)CC1. The van der Waals surface area contributed by atoms with Gasteiger partial charge in [0, 0.05) is 19.3 Å². The van der Waals surface area contributed by atoms with Crippen LogP contribution in [0.1, 0.15) is 18.4 Å². The van der Waals surface area contributed by atoms with Crippen LogP contribution in [0.25, 0.3) is 10.2 Å². The van der Waals surface area contributed by atoms with Gasteiger partial charge in [0.25, 0.3) is 0 Å². The first-order valence-corrected chi connectivity index (χ1v) is 9.14. The van der Waals surface area contributed by atoms with E-state index in [9.17, 15) is 0 Å². The number of pyridine rings is 1. The van der Waals surface area contributed by atoms with Gasteiger partial charge in [-0.25, -0.2) is 15.0 Å². The number of aromatic nitrogens is 3. The smallest absolute Gasteiger partial charge is 0.231 e. The highest BCUT2D eigenvalue weighted by Crippen LogP contribution is 2.30. The fourth-order valence-electron chi connectivity index (χ4n) is 3.10. The number of hydrogen-bond donors (Lipinski definition) is 0. The molecule has 1 aliphatic heterocycles. The van der Waals surface area contributed by atoms with Crippen LogP contribution in [0.4, 0.5) is 5.82 Å². The quantitative estimate of drug-likeness (QED) is 0.718. The van der Waals surface area contributed by atoms with Crippen molar-refractivity contribution in [1.29, 1.82) is 5.26 Å². The van der Waals surface area contributed by atoms with Gasteiger partial charge in [0.15, 0.2) is 0 Å². The molecule has 0 atom stereocenters. The fraction of sp³-hybridized carbons (Fsp3) is 0.333. The van der Waals surface area contributed by atoms with Crippen LogP contribution in [0, 0.1) is 17.2 Å². The average molecular weight is 351 g/mol. The Hall–Kier alpha value is -2.72. The van der Waals surface area contributed by atoms with E-state index >= 15 is 0 Å². The Balaban J connectivity index is 1.37. The number of nitriles is 1. The van der Waals surface area contributed by atoms with Crippen LogP contribution in [-0.2, 0) is 0 Å². The molecule has 0 amide bonds. The predicted octanol–water partition coefficient (Wildman–Crippen LogP) is 3.25. The number of hydrogen-bond acceptors (Lipinski definition) is 7. The Kier molecular flexibility index (Phi) is 4.44. The summed E-state index contributed by atoms with van der Waals surface area (Å²) in [5, 5.41) is 11.2. The lowest BCUT2D eigenvalue weighted by atomic mass is 9.98. The van der Waals surface area contributed by atoms with E-state index in [4.69, 9.17) is 10.00 Å². The van der Waals surface area contributed by atoms with Crippen molar-refractivity contribution in [3.05, 3.63) is 41.7 Å². The van der Waals surface area contributed by atoms with Gasteiger partial charge in [-0.1, -0.05) is 0 Å². The van der Waals surface area contributed by atoms with Gasteiger partial charge in [-0.05, 0) is 42.3 Å². The first kappa shape index (κ1) is 15.8. The molecule has 25 heavy (non-hydrogen) atoms. The predicted molar refractivity (Wildman–Crippen MR) is 96.8 cm³/mol. The second-order valence-corrected chi connectivity index (χ2v) is 6.96. The van der Waals surface area contributed by atoms with Gasteiger partial charge in [-0.15, -0.1) is 11.3 Å². The van der Waals surface area contributed by atoms with Crippen molar-refractivity contribution in [3.63, 3.8) is 0 Å². The lowest BCUT2D eigenvalue weighted by molar-refractivity contribution is 0.215. The maximum atomic E-state index is 9.10. The minimum atomic E-state index is 0.434. The first-order chi connectivity index (χ1) is 12.3. The van der Waals surface area contributed by atoms with E-state index in [1.54, 1.807) is 36.0 Å². The second kappa shape index (κ2) is 7.03. The maximum Gasteiger partial charge on any atom is 0.231 e. The summed E-state index contributed by atoms with van der Waals surface area (Å²) >= 11 is 1.69. The Morgan fingerprint density at radius 3 is 2.96 bits per heavy atom. The molecule has 4 heterocycles. The van der Waals surface area contributed by atoms with Crippen molar-refractivity contribution >= 4 is 27.4 Å². The molecular weight excluding hydrogens is 334 g/mol. The van der Waals surface area contributed by atoms with Crippen LogP contribution >= 0.6 is 11.3 Å². The zero-order chi connectivity index (χ0) is 17.1. The van der Waals surface area contributed by atoms with E-state index in [2.05, 4.69) is 31.3 Å². The lowest BCUT2D eigenvalue weighted by Gasteiger charge is -2.32. The zero-order valence-electron chi connectivity index (χ0n) is 13.6. The highest BCUT2D eigenvalue weighted by molar-refractivity contribution is 7.17. The van der Waals surface area contributed by atoms with E-state index < -0.39 is 0 Å². The summed E-state index contributed by atoms with van der Waals surface area (Å²) in [5.41, 5.74) is 1.50. The molecule has 1 fully saturated rings. The van der Waals surface area contributed by atoms with Gasteiger partial charge in [0.1, 0.15) is 23.8 Å². The minimum absolute atomic E-state index is 0.434. The molecule has 0 spiro atoms. The van der Waals surface area contributed by atoms with E-state index in [0.29, 0.717) is 24.0 Å². The van der Waals surface area contributed by atoms with E-state index in [0.717, 1.165) is 42.0 Å². The van der Waals surface area contributed by atoms with Crippen molar-refractivity contribution < 1.29 is 4.74 Å². The lowest BCUT2D eigenvalue weighted by Crippen LogP contribution is -2.36. The summed E-state index contributed by atoms with van der Waals surface area (Å²) in [6.45, 7) is 2.49. The number of piperidine rings is 1. The summed E-state index contributed by atoms with van der Waals surface area (Å²) < 4.78 is 6.95. The third kappa shape index (κ3) is 3.26. The normalized spacial score (nSPS) is 15.2. The van der Waals surface area contributed by atoms with Crippen molar-refractivity contribution in [3.8, 4) is 11.9 Å². The van der Waals surface area contributed by atoms with Crippen LogP contribution in [0.5, 0.6) is 5.88 Å². The molecule has 6 nitrogen and oxygen atoms in total. The topological polar surface area (TPSA) is 74.9 Å². The summed E-state index contributed by atoms with van der Waals surface area (Å²) in [6.07, 6.45) is 5.36. The van der Waals surface area contributed by atoms with Crippen molar-refractivity contribution in [2.24, 2.45) is 5.92 Å². The summed E-state index contributed by atoms with van der Waals surface area (Å²) in [5.74, 6) is 1.94. The van der Waals surface area contributed by atoms with Crippen molar-refractivity contribution in [2.75, 3.05) is 24.6 Å². The van der Waals surface area contributed by atoms with Crippen LogP contribution in [0.2, 0.25) is 0 Å². The summed E-state index contributed by atoms with van der Waals surface area (Å²) in [7, 11) is 0. The molecule has 1 saturated heterocycles. The number of fused-ring (bicyclic) bond motifs is 1. The number of nitrogens with zero attached hydrogens (tertiary/aromatic N) is 5. The Morgan fingerprint density at radius 1 is 1.24 bits per heavy atom. The molecule has 0 aromatic carbocycles. The average Bonchev–Trinajstić information content (AvgIpc) is 3.16. The number of ether oxygens (including phenoxy) is 1. The Morgan fingerprint density at radius 2 is 2.12 bits per heavy atom. The van der Waals surface area contributed by atoms with Gasteiger partial charge >= 0.3 is 0 Å². The van der Waals surface area contributed by atoms with Crippen molar-refractivity contribution in [2.45, 2.75) is 12.8 Å². The summed E-state index contributed by atoms with van der Waals surface area (Å²) in [6, 6.07) is 7.63. The van der Waals surface area contributed by atoms with E-state index in [1.165, 1.54) is 0 Å². The van der Waals surface area contributed by atoms with Gasteiger partial charge < -0.3 is 9.64 Å². The van der Waals surface area contributed by atoms with Crippen LogP contribution < -0.4 is 9.64 Å². The number of rotatable bonds is 4. The van der Waals surface area contributed by atoms with Gasteiger partial charge in [-0.3, -0.25) is 0 Å². The highest BCUT2D eigenvalue weighted by Gasteiger charge is 2.23. The molecule has 7 heteroatoms. The molecule has 0 bridgehead atoms. The monoisotopic (exact) mass is 351 g/mol. The molecule has 3 aromatic rings. The van der Waals surface area contributed by atoms with Crippen LogP contribution in [0.3, 0.4) is 0 Å². The molecule has 0 N–H and O–H groups in total. The number of thiophene rings is 1.